The van der Waals surface area contributed by atoms with Gasteiger partial charge in [0.05, 0.1) is 5.69 Å². The summed E-state index contributed by atoms with van der Waals surface area (Å²) >= 11 is 0. The van der Waals surface area contributed by atoms with Gasteiger partial charge in [-0.3, -0.25) is 19.0 Å². The van der Waals surface area contributed by atoms with Crippen LogP contribution in [-0.2, 0) is 11.8 Å². The quantitative estimate of drug-likeness (QED) is 0.499. The van der Waals surface area contributed by atoms with E-state index in [0.717, 1.165) is 10.6 Å². The van der Waals surface area contributed by atoms with Gasteiger partial charge in [-0.15, -0.1) is 0 Å². The average Bonchev–Trinajstić information content (AvgIpc) is 2.75. The number of nitrogens with zero attached hydrogens (tertiary/aromatic N) is 1. The smallest absolute Gasteiger partial charge is 0.256 e. The molecule has 3 aromatic rings. The van der Waals surface area contributed by atoms with Crippen molar-refractivity contribution in [1.82, 2.24) is 4.57 Å². The van der Waals surface area contributed by atoms with Gasteiger partial charge >= 0.3 is 0 Å². The van der Waals surface area contributed by atoms with E-state index in [4.69, 9.17) is 10.5 Å². The minimum atomic E-state index is -0.872. The highest BCUT2D eigenvalue weighted by molar-refractivity contribution is 6.01. The summed E-state index contributed by atoms with van der Waals surface area (Å²) < 4.78 is 21.5. The molecular weight excluding hydrogens is 427 g/mol. The summed E-state index contributed by atoms with van der Waals surface area (Å²) in [4.78, 5) is 36.8. The molecule has 0 saturated carbocycles. The fraction of sp³-hybridized carbons (Fsp3) is 0.208. The fourth-order valence-corrected chi connectivity index (χ4v) is 3.21. The Hall–Kier alpha value is -4.14. The molecule has 0 aliphatic carbocycles. The predicted octanol–water partition coefficient (Wildman–Crippen LogP) is 4.12. The number of ether oxygens (including phenoxy) is 1. The molecule has 0 unspecified atom stereocenters. The van der Waals surface area contributed by atoms with Crippen LogP contribution in [0.2, 0.25) is 0 Å². The number of nitrogens with one attached hydrogen (secondary N) is 2. The number of hydrogen-bond donors (Lipinski definition) is 3. The number of carbonyl (C=O) groups excluding carboxylic acids is 2. The lowest BCUT2D eigenvalue weighted by Gasteiger charge is -2.19. The van der Waals surface area contributed by atoms with Crippen LogP contribution in [0.3, 0.4) is 0 Å². The van der Waals surface area contributed by atoms with E-state index in [1.807, 2.05) is 0 Å². The number of anilines is 3. The molecule has 1 aromatic heterocycles. The first kappa shape index (κ1) is 23.5. The van der Waals surface area contributed by atoms with Crippen LogP contribution in [0.1, 0.15) is 34.8 Å². The number of nitrogens with two attached hydrogens (primary N) is 1. The standard InChI is InChI=1S/C24H25FN4O4/c1-5-20(30)27-16-7-6-8-18(14(16)3)33-19-12-21(31)29(4)24(22(19)23(26)32)28-17-10-9-13(2)11-15(17)25/h6-12,28H,5H2,1-4H3,(H2,26,32)(H,27,30). The van der Waals surface area contributed by atoms with Crippen LogP contribution in [0.4, 0.5) is 21.6 Å². The maximum Gasteiger partial charge on any atom is 0.256 e. The van der Waals surface area contributed by atoms with Crippen LogP contribution < -0.4 is 26.7 Å². The second-order valence-corrected chi connectivity index (χ2v) is 7.53. The number of hydrogen-bond acceptors (Lipinski definition) is 5. The molecule has 0 aliphatic heterocycles. The summed E-state index contributed by atoms with van der Waals surface area (Å²) in [5, 5.41) is 5.56. The molecule has 172 valence electrons. The van der Waals surface area contributed by atoms with E-state index in [0.29, 0.717) is 29.0 Å². The van der Waals surface area contributed by atoms with Gasteiger partial charge in [-0.2, -0.15) is 0 Å². The zero-order valence-electron chi connectivity index (χ0n) is 18.8. The van der Waals surface area contributed by atoms with Crippen LogP contribution in [-0.4, -0.2) is 16.4 Å². The Labute approximate surface area is 190 Å². The Morgan fingerprint density at radius 3 is 2.45 bits per heavy atom. The Kier molecular flexibility index (Phi) is 6.81. The van der Waals surface area contributed by atoms with Gasteiger partial charge in [-0.05, 0) is 43.7 Å². The lowest BCUT2D eigenvalue weighted by Crippen LogP contribution is -2.25. The van der Waals surface area contributed by atoms with Crippen molar-refractivity contribution in [3.63, 3.8) is 0 Å². The highest BCUT2D eigenvalue weighted by atomic mass is 19.1. The minimum absolute atomic E-state index is 0.0131. The number of primary amides is 1. The van der Waals surface area contributed by atoms with Crippen molar-refractivity contribution in [1.29, 1.82) is 0 Å². The van der Waals surface area contributed by atoms with Gasteiger partial charge in [-0.1, -0.05) is 19.1 Å². The first-order chi connectivity index (χ1) is 15.6. The van der Waals surface area contributed by atoms with Gasteiger partial charge in [-0.25, -0.2) is 4.39 Å². The topological polar surface area (TPSA) is 115 Å². The van der Waals surface area contributed by atoms with Crippen LogP contribution in [0.5, 0.6) is 11.5 Å². The molecule has 2 amide bonds. The normalized spacial score (nSPS) is 10.6. The van der Waals surface area contributed by atoms with Crippen molar-refractivity contribution in [2.75, 3.05) is 10.6 Å². The van der Waals surface area contributed by atoms with E-state index in [2.05, 4.69) is 10.6 Å². The summed E-state index contributed by atoms with van der Waals surface area (Å²) in [6.45, 7) is 5.20. The molecule has 0 aliphatic rings. The molecule has 3 rings (SSSR count). The van der Waals surface area contributed by atoms with E-state index in [1.165, 1.54) is 19.2 Å². The van der Waals surface area contributed by atoms with Gasteiger partial charge in [0.1, 0.15) is 28.7 Å². The number of carbonyl (C=O) groups is 2. The SMILES string of the molecule is CCC(=O)Nc1cccc(Oc2cc(=O)n(C)c(Nc3ccc(C)cc3F)c2C(N)=O)c1C. The monoisotopic (exact) mass is 452 g/mol. The predicted molar refractivity (Wildman–Crippen MR) is 125 cm³/mol. The third kappa shape index (κ3) is 5.03. The van der Waals surface area contributed by atoms with E-state index < -0.39 is 17.3 Å². The van der Waals surface area contributed by atoms with Gasteiger partial charge in [0.25, 0.3) is 11.5 Å². The first-order valence-electron chi connectivity index (χ1n) is 10.3. The molecule has 0 bridgehead atoms. The molecule has 0 spiro atoms. The van der Waals surface area contributed by atoms with Crippen LogP contribution in [0, 0.1) is 19.7 Å². The third-order valence-electron chi connectivity index (χ3n) is 5.13. The van der Waals surface area contributed by atoms with E-state index in [1.54, 1.807) is 45.0 Å². The minimum Gasteiger partial charge on any atom is -0.456 e. The van der Waals surface area contributed by atoms with E-state index in [9.17, 15) is 18.8 Å². The fourth-order valence-electron chi connectivity index (χ4n) is 3.21. The lowest BCUT2D eigenvalue weighted by atomic mass is 10.1. The number of amides is 2. The van der Waals surface area contributed by atoms with Crippen LogP contribution >= 0.6 is 0 Å². The lowest BCUT2D eigenvalue weighted by molar-refractivity contribution is -0.115. The van der Waals surface area contributed by atoms with Crippen LogP contribution in [0.15, 0.2) is 47.3 Å². The maximum atomic E-state index is 14.4. The summed E-state index contributed by atoms with van der Waals surface area (Å²) in [6.07, 6.45) is 0.301. The second-order valence-electron chi connectivity index (χ2n) is 7.53. The summed E-state index contributed by atoms with van der Waals surface area (Å²) in [5.41, 5.74) is 6.91. The van der Waals surface area contributed by atoms with Crippen molar-refractivity contribution in [3.8, 4) is 11.5 Å². The Morgan fingerprint density at radius 1 is 1.09 bits per heavy atom. The summed E-state index contributed by atoms with van der Waals surface area (Å²) in [5.74, 6) is -1.40. The van der Waals surface area contributed by atoms with Gasteiger partial charge < -0.3 is 21.1 Å². The van der Waals surface area contributed by atoms with Crippen LogP contribution in [0.25, 0.3) is 0 Å². The van der Waals surface area contributed by atoms with Gasteiger partial charge in [0.2, 0.25) is 5.91 Å². The van der Waals surface area contributed by atoms with Crippen molar-refractivity contribution in [3.05, 3.63) is 75.3 Å². The number of pyridine rings is 1. The molecule has 9 heteroatoms. The van der Waals surface area contributed by atoms with Crippen molar-refractivity contribution in [2.24, 2.45) is 12.8 Å². The van der Waals surface area contributed by atoms with Gasteiger partial charge in [0.15, 0.2) is 0 Å². The Bertz CT molecular complexity index is 1300. The van der Waals surface area contributed by atoms with E-state index >= 15 is 0 Å². The molecule has 0 fully saturated rings. The molecule has 1 heterocycles. The summed E-state index contributed by atoms with van der Waals surface area (Å²) in [6, 6.07) is 10.6. The molecule has 33 heavy (non-hydrogen) atoms. The number of rotatable bonds is 7. The maximum absolute atomic E-state index is 14.4. The number of aryl methyl sites for hydroxylation is 1. The molecule has 8 nitrogen and oxygen atoms in total. The molecule has 0 saturated heterocycles. The molecule has 4 N–H and O–H groups in total. The highest BCUT2D eigenvalue weighted by Crippen LogP contribution is 2.34. The number of halogens is 1. The highest BCUT2D eigenvalue weighted by Gasteiger charge is 2.22. The molecule has 0 radical (unpaired) electrons. The average molecular weight is 452 g/mol. The molecule has 0 atom stereocenters. The number of aromatic nitrogens is 1. The Balaban J connectivity index is 2.10. The largest absolute Gasteiger partial charge is 0.456 e. The van der Waals surface area contributed by atoms with E-state index in [-0.39, 0.29) is 28.7 Å². The Morgan fingerprint density at radius 2 is 1.82 bits per heavy atom. The third-order valence-corrected chi connectivity index (χ3v) is 5.13. The van der Waals surface area contributed by atoms with Crippen molar-refractivity contribution in [2.45, 2.75) is 27.2 Å². The first-order valence-corrected chi connectivity index (χ1v) is 10.3. The zero-order chi connectivity index (χ0) is 24.3. The molecular formula is C24H25FN4O4. The number of benzene rings is 2. The van der Waals surface area contributed by atoms with Crippen molar-refractivity contribution >= 4 is 29.0 Å². The zero-order valence-corrected chi connectivity index (χ0v) is 18.8. The molecule has 2 aromatic carbocycles. The second kappa shape index (κ2) is 9.56. The summed E-state index contributed by atoms with van der Waals surface area (Å²) in [7, 11) is 1.43. The van der Waals surface area contributed by atoms with Crippen molar-refractivity contribution < 1.29 is 18.7 Å². The van der Waals surface area contributed by atoms with Gasteiger partial charge in [0, 0.05) is 30.8 Å².